The van der Waals surface area contributed by atoms with Crippen molar-refractivity contribution in [1.82, 2.24) is 4.37 Å². The average Bonchev–Trinajstić information content (AvgIpc) is 2.43. The summed E-state index contributed by atoms with van der Waals surface area (Å²) in [5.74, 6) is 0. The topological polar surface area (TPSA) is 12.9 Å². The summed E-state index contributed by atoms with van der Waals surface area (Å²) < 4.78 is 3.93. The Bertz CT molecular complexity index is 123. The Balaban J connectivity index is 0.000000291. The van der Waals surface area contributed by atoms with Crippen LogP contribution in [0.5, 0.6) is 0 Å². The molecule has 0 saturated heterocycles. The molecule has 0 aliphatic heterocycles. The molecule has 1 heterocycles. The van der Waals surface area contributed by atoms with Gasteiger partial charge in [0.05, 0.1) is 0 Å². The second kappa shape index (κ2) is 5.76. The minimum atomic E-state index is 1.12. The van der Waals surface area contributed by atoms with E-state index in [1.54, 1.807) is 11.5 Å². The van der Waals surface area contributed by atoms with Crippen LogP contribution in [0.25, 0.3) is 0 Å². The van der Waals surface area contributed by atoms with Gasteiger partial charge in [-0.2, -0.15) is 0 Å². The molecule has 0 aliphatic rings. The molecule has 1 aromatic heterocycles. The van der Waals surface area contributed by atoms with Crippen molar-refractivity contribution in [3.05, 3.63) is 17.1 Å². The van der Waals surface area contributed by atoms with E-state index in [0.717, 1.165) is 6.42 Å². The van der Waals surface area contributed by atoms with Crippen LogP contribution >= 0.6 is 11.5 Å². The van der Waals surface area contributed by atoms with Crippen molar-refractivity contribution < 1.29 is 0 Å². The van der Waals surface area contributed by atoms with Crippen LogP contribution in [-0.2, 0) is 6.42 Å². The van der Waals surface area contributed by atoms with Crippen LogP contribution in [0.1, 0.15) is 25.6 Å². The first-order valence-electron chi connectivity index (χ1n) is 3.33. The lowest BCUT2D eigenvalue weighted by molar-refractivity contribution is 1.19. The van der Waals surface area contributed by atoms with Gasteiger partial charge >= 0.3 is 0 Å². The van der Waals surface area contributed by atoms with Gasteiger partial charge in [-0.05, 0) is 24.0 Å². The van der Waals surface area contributed by atoms with E-state index in [0.29, 0.717) is 0 Å². The van der Waals surface area contributed by atoms with E-state index < -0.39 is 0 Å². The van der Waals surface area contributed by atoms with E-state index in [1.165, 1.54) is 4.88 Å². The predicted molar refractivity (Wildman–Crippen MR) is 42.8 cm³/mol. The molecule has 1 rings (SSSR count). The van der Waals surface area contributed by atoms with Gasteiger partial charge in [-0.15, -0.1) is 0 Å². The molecule has 0 spiro atoms. The SMILES string of the molecule is CC.CCc1ccns1. The maximum atomic E-state index is 3.93. The van der Waals surface area contributed by atoms with E-state index in [1.807, 2.05) is 26.1 Å². The Morgan fingerprint density at radius 3 is 2.44 bits per heavy atom. The van der Waals surface area contributed by atoms with Crippen molar-refractivity contribution in [2.45, 2.75) is 27.2 Å². The molecule has 0 fully saturated rings. The van der Waals surface area contributed by atoms with Gasteiger partial charge in [0.1, 0.15) is 0 Å². The molecule has 1 aromatic rings. The summed E-state index contributed by atoms with van der Waals surface area (Å²) in [5.41, 5.74) is 0. The summed E-state index contributed by atoms with van der Waals surface area (Å²) >= 11 is 1.57. The molecule has 0 unspecified atom stereocenters. The quantitative estimate of drug-likeness (QED) is 0.589. The van der Waals surface area contributed by atoms with Gasteiger partial charge in [0.25, 0.3) is 0 Å². The Morgan fingerprint density at radius 2 is 2.22 bits per heavy atom. The van der Waals surface area contributed by atoms with Crippen molar-refractivity contribution in [1.29, 1.82) is 0 Å². The van der Waals surface area contributed by atoms with Crippen molar-refractivity contribution in [2.75, 3.05) is 0 Å². The summed E-state index contributed by atoms with van der Waals surface area (Å²) in [6.07, 6.45) is 2.95. The van der Waals surface area contributed by atoms with Crippen LogP contribution < -0.4 is 0 Å². The monoisotopic (exact) mass is 143 g/mol. The number of hydrogen-bond donors (Lipinski definition) is 0. The second-order valence-corrected chi connectivity index (χ2v) is 2.25. The lowest BCUT2D eigenvalue weighted by Gasteiger charge is -1.76. The minimum absolute atomic E-state index is 1.12. The number of hydrogen-bond acceptors (Lipinski definition) is 2. The maximum Gasteiger partial charge on any atom is 0.0409 e. The highest BCUT2D eigenvalue weighted by Gasteiger charge is 1.84. The number of aromatic nitrogens is 1. The summed E-state index contributed by atoms with van der Waals surface area (Å²) in [6, 6.07) is 2.05. The smallest absolute Gasteiger partial charge is 0.0409 e. The van der Waals surface area contributed by atoms with Crippen molar-refractivity contribution in [2.24, 2.45) is 0 Å². The van der Waals surface area contributed by atoms with Crippen LogP contribution in [0, 0.1) is 0 Å². The molecule has 0 amide bonds. The number of rotatable bonds is 1. The maximum absolute atomic E-state index is 3.93. The molecule has 0 aliphatic carbocycles. The molecule has 0 N–H and O–H groups in total. The van der Waals surface area contributed by atoms with Gasteiger partial charge in [0, 0.05) is 11.1 Å². The molecule has 0 aromatic carbocycles. The van der Waals surface area contributed by atoms with E-state index in [-0.39, 0.29) is 0 Å². The van der Waals surface area contributed by atoms with E-state index in [2.05, 4.69) is 11.3 Å². The second-order valence-electron chi connectivity index (χ2n) is 1.33. The Hall–Kier alpha value is -0.370. The van der Waals surface area contributed by atoms with Crippen molar-refractivity contribution in [3.63, 3.8) is 0 Å². The lowest BCUT2D eigenvalue weighted by atomic mass is 10.4. The summed E-state index contributed by atoms with van der Waals surface area (Å²) in [7, 11) is 0. The third kappa shape index (κ3) is 3.25. The standard InChI is InChI=1S/C5H7NS.C2H6/c1-2-5-3-4-6-7-5;1-2/h3-4H,2H2,1H3;1-2H3. The molecule has 0 radical (unpaired) electrons. The molecule has 2 heteroatoms. The first-order chi connectivity index (χ1) is 4.43. The van der Waals surface area contributed by atoms with Gasteiger partial charge in [0.2, 0.25) is 0 Å². The third-order valence-electron chi connectivity index (χ3n) is 0.840. The van der Waals surface area contributed by atoms with Crippen LogP contribution in [-0.4, -0.2) is 4.37 Å². The summed E-state index contributed by atoms with van der Waals surface area (Å²) in [6.45, 7) is 6.13. The van der Waals surface area contributed by atoms with Gasteiger partial charge in [-0.1, -0.05) is 20.8 Å². The van der Waals surface area contributed by atoms with Crippen LogP contribution in [0.15, 0.2) is 12.3 Å². The predicted octanol–water partition coefficient (Wildman–Crippen LogP) is 2.73. The Kier molecular flexibility index (Phi) is 5.52. The van der Waals surface area contributed by atoms with E-state index in [9.17, 15) is 0 Å². The first-order valence-corrected chi connectivity index (χ1v) is 4.10. The molecule has 0 atom stereocenters. The highest BCUT2D eigenvalue weighted by atomic mass is 32.1. The minimum Gasteiger partial charge on any atom is -0.201 e. The van der Waals surface area contributed by atoms with E-state index in [4.69, 9.17) is 0 Å². The zero-order valence-electron chi connectivity index (χ0n) is 6.22. The fourth-order valence-corrected chi connectivity index (χ4v) is 0.932. The molecule has 9 heavy (non-hydrogen) atoms. The number of aryl methyl sites for hydroxylation is 1. The van der Waals surface area contributed by atoms with Gasteiger partial charge in [-0.25, -0.2) is 4.37 Å². The van der Waals surface area contributed by atoms with Crippen LogP contribution in [0.4, 0.5) is 0 Å². The zero-order valence-corrected chi connectivity index (χ0v) is 7.03. The van der Waals surface area contributed by atoms with Gasteiger partial charge in [-0.3, -0.25) is 0 Å². The molecule has 52 valence electrons. The molecule has 1 nitrogen and oxygen atoms in total. The molecular formula is C7H13NS. The van der Waals surface area contributed by atoms with Crippen LogP contribution in [0.3, 0.4) is 0 Å². The van der Waals surface area contributed by atoms with Gasteiger partial charge in [0.15, 0.2) is 0 Å². The molecule has 0 saturated carbocycles. The van der Waals surface area contributed by atoms with Crippen molar-refractivity contribution in [3.8, 4) is 0 Å². The van der Waals surface area contributed by atoms with E-state index >= 15 is 0 Å². The summed E-state index contributed by atoms with van der Waals surface area (Å²) in [5, 5.41) is 0. The Morgan fingerprint density at radius 1 is 1.56 bits per heavy atom. The lowest BCUT2D eigenvalue weighted by Crippen LogP contribution is -1.63. The number of nitrogens with zero attached hydrogens (tertiary/aromatic N) is 1. The Labute approximate surface area is 60.9 Å². The average molecular weight is 143 g/mol. The third-order valence-corrected chi connectivity index (χ3v) is 1.73. The fourth-order valence-electron chi connectivity index (χ4n) is 0.425. The largest absolute Gasteiger partial charge is 0.201 e. The van der Waals surface area contributed by atoms with Crippen LogP contribution in [0.2, 0.25) is 0 Å². The zero-order chi connectivity index (χ0) is 7.11. The normalized spacial score (nSPS) is 7.89. The highest BCUT2D eigenvalue weighted by molar-refractivity contribution is 7.05. The molecule has 0 bridgehead atoms. The first kappa shape index (κ1) is 8.63. The van der Waals surface area contributed by atoms with Gasteiger partial charge < -0.3 is 0 Å². The van der Waals surface area contributed by atoms with Crippen molar-refractivity contribution >= 4 is 11.5 Å². The molecular weight excluding hydrogens is 130 g/mol. The highest BCUT2D eigenvalue weighted by Crippen LogP contribution is 2.02. The fraction of sp³-hybridized carbons (Fsp3) is 0.571. The summed E-state index contributed by atoms with van der Waals surface area (Å²) in [4.78, 5) is 1.36.